The third kappa shape index (κ3) is 5.03. The summed E-state index contributed by atoms with van der Waals surface area (Å²) in [7, 11) is 1.64. The second kappa shape index (κ2) is 9.45. The lowest BCUT2D eigenvalue weighted by Gasteiger charge is -2.10. The van der Waals surface area contributed by atoms with Crippen molar-refractivity contribution in [3.05, 3.63) is 83.6 Å². The van der Waals surface area contributed by atoms with E-state index in [0.29, 0.717) is 17.9 Å². The lowest BCUT2D eigenvalue weighted by Crippen LogP contribution is -2.24. The number of nitrogens with one attached hydrogen (secondary N) is 2. The third-order valence-corrected chi connectivity index (χ3v) is 4.19. The fourth-order valence-electron chi connectivity index (χ4n) is 2.72. The maximum absolute atomic E-state index is 13.6. The molecule has 6 nitrogen and oxygen atoms in total. The minimum absolute atomic E-state index is 0.0894. The molecule has 0 aliphatic heterocycles. The van der Waals surface area contributed by atoms with Crippen LogP contribution in [0.4, 0.5) is 10.2 Å². The van der Waals surface area contributed by atoms with Crippen LogP contribution < -0.4 is 15.4 Å². The van der Waals surface area contributed by atoms with Gasteiger partial charge in [-0.05, 0) is 24.1 Å². The standard InChI is InChI=1S/C21H21FN4O2/c1-28-19-9-5-3-6-15(19)10-11-23-20-12-18(25-14-26-20)21(27)24-13-16-7-2-4-8-17(16)22/h2-9,12,14H,10-11,13H2,1H3,(H,24,27)(H,23,25,26). The van der Waals surface area contributed by atoms with E-state index < -0.39 is 5.91 Å². The summed E-state index contributed by atoms with van der Waals surface area (Å²) in [6, 6.07) is 15.7. The first kappa shape index (κ1) is 19.3. The summed E-state index contributed by atoms with van der Waals surface area (Å²) in [4.78, 5) is 20.4. The molecule has 0 aliphatic rings. The number of ether oxygens (including phenoxy) is 1. The number of hydrogen-bond acceptors (Lipinski definition) is 5. The van der Waals surface area contributed by atoms with Gasteiger partial charge < -0.3 is 15.4 Å². The van der Waals surface area contributed by atoms with E-state index in [9.17, 15) is 9.18 Å². The predicted molar refractivity (Wildman–Crippen MR) is 105 cm³/mol. The molecule has 0 saturated heterocycles. The first-order valence-electron chi connectivity index (χ1n) is 8.87. The molecule has 0 fully saturated rings. The van der Waals surface area contributed by atoms with E-state index in [1.165, 1.54) is 12.4 Å². The molecule has 0 bridgehead atoms. The summed E-state index contributed by atoms with van der Waals surface area (Å²) in [6.45, 7) is 0.708. The largest absolute Gasteiger partial charge is 0.496 e. The number of halogens is 1. The van der Waals surface area contributed by atoms with Crippen LogP contribution in [0.25, 0.3) is 0 Å². The molecule has 0 radical (unpaired) electrons. The van der Waals surface area contributed by atoms with Gasteiger partial charge in [0.15, 0.2) is 0 Å². The summed E-state index contributed by atoms with van der Waals surface area (Å²) >= 11 is 0. The van der Waals surface area contributed by atoms with E-state index in [0.717, 1.165) is 17.7 Å². The van der Waals surface area contributed by atoms with E-state index in [1.54, 1.807) is 31.4 Å². The van der Waals surface area contributed by atoms with Gasteiger partial charge in [0.25, 0.3) is 5.91 Å². The van der Waals surface area contributed by atoms with Gasteiger partial charge in [-0.3, -0.25) is 4.79 Å². The fourth-order valence-corrected chi connectivity index (χ4v) is 2.72. The molecule has 0 saturated carbocycles. The Morgan fingerprint density at radius 3 is 2.61 bits per heavy atom. The molecule has 1 aromatic heterocycles. The number of amides is 1. The Morgan fingerprint density at radius 1 is 1.07 bits per heavy atom. The van der Waals surface area contributed by atoms with Crippen LogP contribution in [-0.4, -0.2) is 29.5 Å². The molecule has 0 atom stereocenters. The summed E-state index contributed by atoms with van der Waals surface area (Å²) in [5.41, 5.74) is 1.71. The minimum atomic E-state index is -0.390. The van der Waals surface area contributed by atoms with Crippen molar-refractivity contribution in [2.45, 2.75) is 13.0 Å². The maximum Gasteiger partial charge on any atom is 0.270 e. The molecule has 3 aromatic rings. The van der Waals surface area contributed by atoms with Crippen LogP contribution in [0.5, 0.6) is 5.75 Å². The number of nitrogens with zero attached hydrogens (tertiary/aromatic N) is 2. The summed E-state index contributed by atoms with van der Waals surface area (Å²) in [5, 5.41) is 5.84. The van der Waals surface area contributed by atoms with E-state index in [2.05, 4.69) is 20.6 Å². The number of carbonyl (C=O) groups is 1. The van der Waals surface area contributed by atoms with Gasteiger partial charge in [0.05, 0.1) is 7.11 Å². The van der Waals surface area contributed by atoms with E-state index in [1.807, 2.05) is 24.3 Å². The molecular weight excluding hydrogens is 359 g/mol. The molecule has 3 rings (SSSR count). The Labute approximate surface area is 162 Å². The van der Waals surface area contributed by atoms with Gasteiger partial charge in [-0.1, -0.05) is 36.4 Å². The van der Waals surface area contributed by atoms with Gasteiger partial charge in [0.1, 0.15) is 29.4 Å². The molecule has 28 heavy (non-hydrogen) atoms. The highest BCUT2D eigenvalue weighted by atomic mass is 19.1. The van der Waals surface area contributed by atoms with Crippen molar-refractivity contribution in [2.75, 3.05) is 19.0 Å². The zero-order valence-electron chi connectivity index (χ0n) is 15.5. The Kier molecular flexibility index (Phi) is 6.51. The van der Waals surface area contributed by atoms with Crippen molar-refractivity contribution in [2.24, 2.45) is 0 Å². The van der Waals surface area contributed by atoms with Crippen molar-refractivity contribution < 1.29 is 13.9 Å². The number of methoxy groups -OCH3 is 1. The molecule has 1 heterocycles. The predicted octanol–water partition coefficient (Wildman–Crippen LogP) is 3.21. The van der Waals surface area contributed by atoms with Crippen LogP contribution >= 0.6 is 0 Å². The topological polar surface area (TPSA) is 76.1 Å². The SMILES string of the molecule is COc1ccccc1CCNc1cc(C(=O)NCc2ccccc2F)ncn1. The minimum Gasteiger partial charge on any atom is -0.496 e. The molecule has 1 amide bonds. The number of rotatable bonds is 8. The van der Waals surface area contributed by atoms with E-state index in [4.69, 9.17) is 4.74 Å². The van der Waals surface area contributed by atoms with Crippen LogP contribution in [0.3, 0.4) is 0 Å². The normalized spacial score (nSPS) is 10.4. The average molecular weight is 380 g/mol. The molecule has 144 valence electrons. The first-order chi connectivity index (χ1) is 13.7. The second-order valence-electron chi connectivity index (χ2n) is 6.05. The number of benzene rings is 2. The molecule has 2 aromatic carbocycles. The lowest BCUT2D eigenvalue weighted by molar-refractivity contribution is 0.0945. The highest BCUT2D eigenvalue weighted by Crippen LogP contribution is 2.17. The molecule has 0 aliphatic carbocycles. The third-order valence-electron chi connectivity index (χ3n) is 4.19. The van der Waals surface area contributed by atoms with Crippen LogP contribution in [0.15, 0.2) is 60.9 Å². The van der Waals surface area contributed by atoms with Gasteiger partial charge in [-0.25, -0.2) is 14.4 Å². The zero-order chi connectivity index (χ0) is 19.8. The summed E-state index contributed by atoms with van der Waals surface area (Å²) in [6.07, 6.45) is 2.06. The quantitative estimate of drug-likeness (QED) is 0.628. The van der Waals surface area contributed by atoms with Crippen molar-refractivity contribution in [1.29, 1.82) is 0 Å². The van der Waals surface area contributed by atoms with Crippen molar-refractivity contribution in [1.82, 2.24) is 15.3 Å². The lowest BCUT2D eigenvalue weighted by atomic mass is 10.1. The number of para-hydroxylation sites is 1. The van der Waals surface area contributed by atoms with Crippen LogP contribution in [0.2, 0.25) is 0 Å². The highest BCUT2D eigenvalue weighted by molar-refractivity contribution is 5.92. The van der Waals surface area contributed by atoms with Gasteiger partial charge in [0, 0.05) is 24.7 Å². The van der Waals surface area contributed by atoms with Gasteiger partial charge in [0.2, 0.25) is 0 Å². The Bertz CT molecular complexity index is 949. The molecule has 0 unspecified atom stereocenters. The van der Waals surface area contributed by atoms with Crippen molar-refractivity contribution in [3.63, 3.8) is 0 Å². The number of carbonyl (C=O) groups excluding carboxylic acids is 1. The Balaban J connectivity index is 1.56. The van der Waals surface area contributed by atoms with Gasteiger partial charge >= 0.3 is 0 Å². The number of hydrogen-bond donors (Lipinski definition) is 2. The highest BCUT2D eigenvalue weighted by Gasteiger charge is 2.10. The molecule has 2 N–H and O–H groups in total. The Morgan fingerprint density at radius 2 is 1.82 bits per heavy atom. The van der Waals surface area contributed by atoms with Crippen molar-refractivity contribution in [3.8, 4) is 5.75 Å². The van der Waals surface area contributed by atoms with Crippen molar-refractivity contribution >= 4 is 11.7 Å². The fraction of sp³-hybridized carbons (Fsp3) is 0.190. The van der Waals surface area contributed by atoms with Crippen LogP contribution in [-0.2, 0) is 13.0 Å². The first-order valence-corrected chi connectivity index (χ1v) is 8.87. The van der Waals surface area contributed by atoms with Gasteiger partial charge in [-0.2, -0.15) is 0 Å². The average Bonchev–Trinajstić information content (AvgIpc) is 2.73. The summed E-state index contributed by atoms with van der Waals surface area (Å²) < 4.78 is 19.0. The van der Waals surface area contributed by atoms with Crippen LogP contribution in [0, 0.1) is 5.82 Å². The Hall–Kier alpha value is -3.48. The summed E-state index contributed by atoms with van der Waals surface area (Å²) in [5.74, 6) is 0.628. The number of aromatic nitrogens is 2. The molecule has 7 heteroatoms. The van der Waals surface area contributed by atoms with E-state index >= 15 is 0 Å². The second-order valence-corrected chi connectivity index (χ2v) is 6.05. The molecular formula is C21H21FN4O2. The van der Waals surface area contributed by atoms with E-state index in [-0.39, 0.29) is 18.1 Å². The number of anilines is 1. The van der Waals surface area contributed by atoms with Gasteiger partial charge in [-0.15, -0.1) is 0 Å². The smallest absolute Gasteiger partial charge is 0.270 e. The van der Waals surface area contributed by atoms with Crippen LogP contribution in [0.1, 0.15) is 21.6 Å². The zero-order valence-corrected chi connectivity index (χ0v) is 15.5. The maximum atomic E-state index is 13.6. The monoisotopic (exact) mass is 380 g/mol. The molecule has 0 spiro atoms.